The van der Waals surface area contributed by atoms with E-state index < -0.39 is 6.04 Å². The Labute approximate surface area is 121 Å². The summed E-state index contributed by atoms with van der Waals surface area (Å²) in [6, 6.07) is 7.58. The zero-order chi connectivity index (χ0) is 14.5. The van der Waals surface area contributed by atoms with Gasteiger partial charge in [0.2, 0.25) is 5.91 Å². The molecule has 0 radical (unpaired) electrons. The second-order valence-corrected chi connectivity index (χ2v) is 5.65. The maximum absolute atomic E-state index is 12.1. The summed E-state index contributed by atoms with van der Waals surface area (Å²) in [6.07, 6.45) is 3.40. The van der Waals surface area contributed by atoms with Gasteiger partial charge in [0, 0.05) is 24.5 Å². The molecule has 4 heteroatoms. The highest BCUT2D eigenvalue weighted by Gasteiger charge is 2.20. The Kier molecular flexibility index (Phi) is 5.01. The standard InChI is InChI=1S/C16H25N3O/c1-3-12(2)15(17)16(20)18-13-7-6-8-14(11-13)19-9-4-5-10-19/h6-8,11-12,15H,3-5,9-10,17H2,1-2H3,(H,18,20). The highest BCUT2D eigenvalue weighted by Crippen LogP contribution is 2.23. The smallest absolute Gasteiger partial charge is 0.241 e. The summed E-state index contributed by atoms with van der Waals surface area (Å²) in [6.45, 7) is 6.25. The van der Waals surface area contributed by atoms with E-state index in [9.17, 15) is 4.79 Å². The van der Waals surface area contributed by atoms with E-state index in [2.05, 4.69) is 16.3 Å². The summed E-state index contributed by atoms with van der Waals surface area (Å²) in [4.78, 5) is 14.4. The molecule has 110 valence electrons. The molecule has 1 fully saturated rings. The van der Waals surface area contributed by atoms with Crippen LogP contribution in [0.1, 0.15) is 33.1 Å². The molecule has 0 saturated carbocycles. The zero-order valence-corrected chi connectivity index (χ0v) is 12.4. The number of carbonyl (C=O) groups is 1. The largest absolute Gasteiger partial charge is 0.371 e. The average molecular weight is 275 g/mol. The Bertz CT molecular complexity index is 455. The van der Waals surface area contributed by atoms with Crippen LogP contribution in [-0.4, -0.2) is 25.0 Å². The summed E-state index contributed by atoms with van der Waals surface area (Å²) in [5.74, 6) is 0.0923. The fourth-order valence-electron chi connectivity index (χ4n) is 2.49. The molecule has 0 spiro atoms. The van der Waals surface area contributed by atoms with Gasteiger partial charge in [-0.2, -0.15) is 0 Å². The zero-order valence-electron chi connectivity index (χ0n) is 12.4. The van der Waals surface area contributed by atoms with Gasteiger partial charge in [-0.05, 0) is 37.0 Å². The number of nitrogens with zero attached hydrogens (tertiary/aromatic N) is 1. The van der Waals surface area contributed by atoms with Gasteiger partial charge in [-0.3, -0.25) is 4.79 Å². The van der Waals surface area contributed by atoms with Crippen LogP contribution in [0.4, 0.5) is 11.4 Å². The molecule has 0 bridgehead atoms. The molecule has 1 aromatic rings. The van der Waals surface area contributed by atoms with Crippen LogP contribution in [0, 0.1) is 5.92 Å². The number of anilines is 2. The Balaban J connectivity index is 2.02. The van der Waals surface area contributed by atoms with Crippen molar-refractivity contribution < 1.29 is 4.79 Å². The normalized spacial score (nSPS) is 17.9. The maximum atomic E-state index is 12.1. The van der Waals surface area contributed by atoms with E-state index in [1.807, 2.05) is 32.0 Å². The molecule has 4 nitrogen and oxygen atoms in total. The van der Waals surface area contributed by atoms with Crippen molar-refractivity contribution in [2.45, 2.75) is 39.2 Å². The molecular weight excluding hydrogens is 250 g/mol. The number of nitrogens with one attached hydrogen (secondary N) is 1. The summed E-state index contributed by atoms with van der Waals surface area (Å²) in [5.41, 5.74) is 7.97. The highest BCUT2D eigenvalue weighted by molar-refractivity contribution is 5.95. The SMILES string of the molecule is CCC(C)C(N)C(=O)Nc1cccc(N2CCCC2)c1. The van der Waals surface area contributed by atoms with Crippen LogP contribution < -0.4 is 16.0 Å². The van der Waals surface area contributed by atoms with Crippen molar-refractivity contribution in [3.63, 3.8) is 0 Å². The monoisotopic (exact) mass is 275 g/mol. The lowest BCUT2D eigenvalue weighted by atomic mass is 9.99. The van der Waals surface area contributed by atoms with Crippen molar-refractivity contribution in [3.05, 3.63) is 24.3 Å². The molecular formula is C16H25N3O. The molecule has 1 heterocycles. The fourth-order valence-corrected chi connectivity index (χ4v) is 2.49. The van der Waals surface area contributed by atoms with E-state index in [4.69, 9.17) is 5.73 Å². The van der Waals surface area contributed by atoms with E-state index in [-0.39, 0.29) is 11.8 Å². The average Bonchev–Trinajstić information content (AvgIpc) is 3.00. The fraction of sp³-hybridized carbons (Fsp3) is 0.562. The summed E-state index contributed by atoms with van der Waals surface area (Å²) in [5, 5.41) is 2.93. The minimum Gasteiger partial charge on any atom is -0.371 e. The minimum atomic E-state index is -0.449. The van der Waals surface area contributed by atoms with Gasteiger partial charge < -0.3 is 16.0 Å². The predicted octanol–water partition coefficient (Wildman–Crippen LogP) is 2.60. The van der Waals surface area contributed by atoms with E-state index in [0.717, 1.165) is 25.2 Å². The second-order valence-electron chi connectivity index (χ2n) is 5.65. The van der Waals surface area contributed by atoms with Crippen molar-refractivity contribution in [1.29, 1.82) is 0 Å². The van der Waals surface area contributed by atoms with Crippen LogP contribution >= 0.6 is 0 Å². The minimum absolute atomic E-state index is 0.0991. The lowest BCUT2D eigenvalue weighted by molar-refractivity contribution is -0.118. The van der Waals surface area contributed by atoms with Gasteiger partial charge in [-0.15, -0.1) is 0 Å². The molecule has 1 saturated heterocycles. The molecule has 2 atom stereocenters. The number of amides is 1. The lowest BCUT2D eigenvalue weighted by Gasteiger charge is -2.20. The second kappa shape index (κ2) is 6.75. The summed E-state index contributed by atoms with van der Waals surface area (Å²) in [7, 11) is 0. The maximum Gasteiger partial charge on any atom is 0.241 e. The van der Waals surface area contributed by atoms with Crippen LogP contribution in [-0.2, 0) is 4.79 Å². The van der Waals surface area contributed by atoms with Crippen LogP contribution in [0.2, 0.25) is 0 Å². The Morgan fingerprint density at radius 3 is 2.75 bits per heavy atom. The molecule has 1 aliphatic rings. The molecule has 1 aromatic carbocycles. The third-order valence-electron chi connectivity index (χ3n) is 4.14. The number of nitrogens with two attached hydrogens (primary N) is 1. The van der Waals surface area contributed by atoms with Gasteiger partial charge in [0.1, 0.15) is 0 Å². The van der Waals surface area contributed by atoms with Crippen LogP contribution in [0.3, 0.4) is 0 Å². The molecule has 1 aliphatic heterocycles. The molecule has 1 amide bonds. The first kappa shape index (κ1) is 14.9. The van der Waals surface area contributed by atoms with Crippen molar-refractivity contribution in [3.8, 4) is 0 Å². The van der Waals surface area contributed by atoms with Gasteiger partial charge in [-0.25, -0.2) is 0 Å². The van der Waals surface area contributed by atoms with Crippen LogP contribution in [0.15, 0.2) is 24.3 Å². The van der Waals surface area contributed by atoms with Crippen molar-refractivity contribution in [2.24, 2.45) is 11.7 Å². The van der Waals surface area contributed by atoms with E-state index in [1.54, 1.807) is 0 Å². The number of benzene rings is 1. The third kappa shape index (κ3) is 3.51. The third-order valence-corrected chi connectivity index (χ3v) is 4.14. The summed E-state index contributed by atoms with van der Waals surface area (Å²) >= 11 is 0. The van der Waals surface area contributed by atoms with Gasteiger partial charge in [-0.1, -0.05) is 26.3 Å². The Morgan fingerprint density at radius 2 is 2.10 bits per heavy atom. The first-order valence-corrected chi connectivity index (χ1v) is 7.53. The summed E-state index contributed by atoms with van der Waals surface area (Å²) < 4.78 is 0. The van der Waals surface area contributed by atoms with Crippen LogP contribution in [0.5, 0.6) is 0 Å². The van der Waals surface area contributed by atoms with Crippen molar-refractivity contribution in [1.82, 2.24) is 0 Å². The molecule has 3 N–H and O–H groups in total. The van der Waals surface area contributed by atoms with E-state index >= 15 is 0 Å². The Morgan fingerprint density at radius 1 is 1.40 bits per heavy atom. The quantitative estimate of drug-likeness (QED) is 0.868. The van der Waals surface area contributed by atoms with Gasteiger partial charge in [0.15, 0.2) is 0 Å². The topological polar surface area (TPSA) is 58.4 Å². The van der Waals surface area contributed by atoms with E-state index in [1.165, 1.54) is 18.5 Å². The molecule has 0 aromatic heterocycles. The predicted molar refractivity (Wildman–Crippen MR) is 83.9 cm³/mol. The first-order valence-electron chi connectivity index (χ1n) is 7.53. The van der Waals surface area contributed by atoms with E-state index in [0.29, 0.717) is 0 Å². The molecule has 2 rings (SSSR count). The van der Waals surface area contributed by atoms with Gasteiger partial charge in [0.25, 0.3) is 0 Å². The van der Waals surface area contributed by atoms with Crippen molar-refractivity contribution >= 4 is 17.3 Å². The van der Waals surface area contributed by atoms with Crippen molar-refractivity contribution in [2.75, 3.05) is 23.3 Å². The molecule has 2 unspecified atom stereocenters. The first-order chi connectivity index (χ1) is 9.61. The lowest BCUT2D eigenvalue weighted by Crippen LogP contribution is -2.40. The van der Waals surface area contributed by atoms with Crippen LogP contribution in [0.25, 0.3) is 0 Å². The van der Waals surface area contributed by atoms with Gasteiger partial charge in [0.05, 0.1) is 6.04 Å². The number of hydrogen-bond acceptors (Lipinski definition) is 3. The number of hydrogen-bond donors (Lipinski definition) is 2. The number of rotatable bonds is 5. The molecule has 20 heavy (non-hydrogen) atoms. The highest BCUT2D eigenvalue weighted by atomic mass is 16.2. The number of carbonyl (C=O) groups excluding carboxylic acids is 1. The molecule has 0 aliphatic carbocycles. The van der Waals surface area contributed by atoms with Gasteiger partial charge >= 0.3 is 0 Å². The Hall–Kier alpha value is -1.55.